The molecular formula is C15H15N3O3. The van der Waals surface area contributed by atoms with Gasteiger partial charge in [-0.25, -0.2) is 0 Å². The highest BCUT2D eigenvalue weighted by atomic mass is 16.5. The first-order chi connectivity index (χ1) is 10.0. The zero-order valence-corrected chi connectivity index (χ0v) is 11.8. The van der Waals surface area contributed by atoms with E-state index in [1.165, 1.54) is 0 Å². The van der Waals surface area contributed by atoms with Crippen molar-refractivity contribution in [2.45, 2.75) is 19.8 Å². The quantitative estimate of drug-likeness (QED) is 0.931. The molecule has 3 rings (SSSR count). The van der Waals surface area contributed by atoms with Crippen molar-refractivity contribution in [2.24, 2.45) is 0 Å². The first-order valence-corrected chi connectivity index (χ1v) is 6.64. The van der Waals surface area contributed by atoms with Crippen LogP contribution in [0.2, 0.25) is 0 Å². The van der Waals surface area contributed by atoms with Crippen LogP contribution < -0.4 is 10.2 Å². The van der Waals surface area contributed by atoms with Crippen LogP contribution in [-0.4, -0.2) is 24.0 Å². The molecule has 6 nitrogen and oxygen atoms in total. The van der Waals surface area contributed by atoms with Crippen molar-refractivity contribution in [3.8, 4) is 0 Å². The molecule has 0 radical (unpaired) electrons. The monoisotopic (exact) mass is 285 g/mol. The van der Waals surface area contributed by atoms with Crippen molar-refractivity contribution >= 4 is 23.3 Å². The molecule has 0 saturated carbocycles. The summed E-state index contributed by atoms with van der Waals surface area (Å²) in [4.78, 5) is 25.2. The maximum Gasteiger partial charge on any atom is 0.231 e. The van der Waals surface area contributed by atoms with Crippen LogP contribution in [-0.2, 0) is 22.4 Å². The first-order valence-electron chi connectivity index (χ1n) is 6.64. The van der Waals surface area contributed by atoms with Gasteiger partial charge in [0.2, 0.25) is 11.8 Å². The Labute approximate surface area is 121 Å². The Kier molecular flexibility index (Phi) is 3.21. The van der Waals surface area contributed by atoms with Gasteiger partial charge >= 0.3 is 0 Å². The summed E-state index contributed by atoms with van der Waals surface area (Å²) in [6.07, 6.45) is 0.626. The van der Waals surface area contributed by atoms with Gasteiger partial charge in [-0.1, -0.05) is 17.3 Å². The number of likely N-dealkylation sites (N-methyl/N-ethyl adjacent to an activating group) is 1. The van der Waals surface area contributed by atoms with Gasteiger partial charge in [0.15, 0.2) is 5.82 Å². The van der Waals surface area contributed by atoms with Gasteiger partial charge in [0.25, 0.3) is 0 Å². The molecule has 0 spiro atoms. The van der Waals surface area contributed by atoms with E-state index in [1.807, 2.05) is 18.2 Å². The minimum absolute atomic E-state index is 0.0738. The number of benzene rings is 1. The van der Waals surface area contributed by atoms with E-state index < -0.39 is 0 Å². The van der Waals surface area contributed by atoms with E-state index >= 15 is 0 Å². The van der Waals surface area contributed by atoms with Crippen LogP contribution in [0.1, 0.15) is 16.9 Å². The maximum atomic E-state index is 11.9. The molecule has 108 valence electrons. The van der Waals surface area contributed by atoms with E-state index in [2.05, 4.69) is 10.5 Å². The molecule has 21 heavy (non-hydrogen) atoms. The highest BCUT2D eigenvalue weighted by molar-refractivity contribution is 6.01. The second kappa shape index (κ2) is 5.05. The summed E-state index contributed by atoms with van der Waals surface area (Å²) in [5.41, 5.74) is 2.75. The van der Waals surface area contributed by atoms with Crippen molar-refractivity contribution in [2.75, 3.05) is 17.3 Å². The molecule has 2 amide bonds. The Morgan fingerprint density at radius 1 is 1.43 bits per heavy atom. The second-order valence-electron chi connectivity index (χ2n) is 5.14. The van der Waals surface area contributed by atoms with Gasteiger partial charge in [0.1, 0.15) is 5.76 Å². The molecule has 0 fully saturated rings. The molecule has 1 aromatic carbocycles. The molecule has 1 aromatic heterocycles. The van der Waals surface area contributed by atoms with Gasteiger partial charge < -0.3 is 14.7 Å². The van der Waals surface area contributed by atoms with Crippen LogP contribution in [0.5, 0.6) is 0 Å². The summed E-state index contributed by atoms with van der Waals surface area (Å²) in [5, 5.41) is 6.39. The fourth-order valence-electron chi connectivity index (χ4n) is 2.43. The Morgan fingerprint density at radius 3 is 2.95 bits per heavy atom. The Morgan fingerprint density at radius 2 is 2.24 bits per heavy atom. The zero-order chi connectivity index (χ0) is 15.0. The van der Waals surface area contributed by atoms with Crippen molar-refractivity contribution < 1.29 is 14.1 Å². The number of fused-ring (bicyclic) bond motifs is 1. The minimum Gasteiger partial charge on any atom is -0.360 e. The Hall–Kier alpha value is -2.63. The highest BCUT2D eigenvalue weighted by Gasteiger charge is 2.24. The van der Waals surface area contributed by atoms with Gasteiger partial charge in [-0.2, -0.15) is 0 Å². The molecule has 1 aliphatic rings. The van der Waals surface area contributed by atoms with Gasteiger partial charge in [-0.3, -0.25) is 9.59 Å². The summed E-state index contributed by atoms with van der Waals surface area (Å²) in [6.45, 7) is 1.76. The lowest BCUT2D eigenvalue weighted by molar-refractivity contribution is -0.117. The zero-order valence-electron chi connectivity index (χ0n) is 11.8. The van der Waals surface area contributed by atoms with Gasteiger partial charge in [-0.15, -0.1) is 0 Å². The third-order valence-electron chi connectivity index (χ3n) is 3.48. The molecule has 1 N–H and O–H groups in total. The summed E-state index contributed by atoms with van der Waals surface area (Å²) in [7, 11) is 1.76. The number of hydrogen-bond donors (Lipinski definition) is 1. The lowest BCUT2D eigenvalue weighted by atomic mass is 10.1. The molecule has 0 unspecified atom stereocenters. The third-order valence-corrected chi connectivity index (χ3v) is 3.48. The number of amides is 2. The summed E-state index contributed by atoms with van der Waals surface area (Å²) in [6, 6.07) is 7.31. The number of carbonyl (C=O) groups excluding carboxylic acids is 2. The molecular weight excluding hydrogens is 270 g/mol. The topological polar surface area (TPSA) is 75.4 Å². The largest absolute Gasteiger partial charge is 0.360 e. The van der Waals surface area contributed by atoms with Crippen LogP contribution >= 0.6 is 0 Å². The van der Waals surface area contributed by atoms with Crippen molar-refractivity contribution in [3.05, 3.63) is 41.2 Å². The fourth-order valence-corrected chi connectivity index (χ4v) is 2.43. The van der Waals surface area contributed by atoms with Crippen LogP contribution in [0.15, 0.2) is 28.8 Å². The van der Waals surface area contributed by atoms with E-state index in [-0.39, 0.29) is 18.2 Å². The first kappa shape index (κ1) is 13.4. The molecule has 2 heterocycles. The van der Waals surface area contributed by atoms with Crippen molar-refractivity contribution in [1.29, 1.82) is 0 Å². The van der Waals surface area contributed by atoms with Gasteiger partial charge in [-0.05, 0) is 24.1 Å². The number of rotatable bonds is 3. The number of nitrogens with zero attached hydrogens (tertiary/aromatic N) is 2. The fraction of sp³-hybridized carbons (Fsp3) is 0.267. The lowest BCUT2D eigenvalue weighted by Crippen LogP contribution is -2.20. The summed E-state index contributed by atoms with van der Waals surface area (Å²) < 4.78 is 4.89. The van der Waals surface area contributed by atoms with Crippen LogP contribution in [0.25, 0.3) is 0 Å². The minimum atomic E-state index is -0.166. The predicted octanol–water partition coefficient (Wildman–Crippen LogP) is 1.68. The van der Waals surface area contributed by atoms with E-state index in [1.54, 1.807) is 24.9 Å². The molecule has 0 atom stereocenters. The molecule has 2 aromatic rings. The second-order valence-corrected chi connectivity index (χ2v) is 5.14. The average Bonchev–Trinajstić information content (AvgIpc) is 2.94. The SMILES string of the molecule is Cc1cc(NC(=O)Cc2ccc3c(c2)CC(=O)N3C)no1. The van der Waals surface area contributed by atoms with Crippen molar-refractivity contribution in [3.63, 3.8) is 0 Å². The molecule has 0 saturated heterocycles. The van der Waals surface area contributed by atoms with Gasteiger partial charge in [0.05, 0.1) is 12.8 Å². The number of aromatic nitrogens is 1. The summed E-state index contributed by atoms with van der Waals surface area (Å²) >= 11 is 0. The van der Waals surface area contributed by atoms with E-state index in [4.69, 9.17) is 4.52 Å². The molecule has 1 aliphatic heterocycles. The standard InChI is InChI=1S/C15H15N3O3/c1-9-5-13(17-21-9)16-14(19)7-10-3-4-12-11(6-10)8-15(20)18(12)2/h3-6H,7-8H2,1-2H3,(H,16,17,19). The van der Waals surface area contributed by atoms with Crippen LogP contribution in [0.4, 0.5) is 11.5 Å². The Bertz CT molecular complexity index is 721. The average molecular weight is 285 g/mol. The maximum absolute atomic E-state index is 11.9. The van der Waals surface area contributed by atoms with Gasteiger partial charge in [0, 0.05) is 18.8 Å². The van der Waals surface area contributed by atoms with E-state index in [9.17, 15) is 9.59 Å². The number of hydrogen-bond acceptors (Lipinski definition) is 4. The number of anilines is 2. The lowest BCUT2D eigenvalue weighted by Gasteiger charge is -2.10. The third kappa shape index (κ3) is 2.65. The predicted molar refractivity (Wildman–Crippen MR) is 77.1 cm³/mol. The number of nitrogens with one attached hydrogen (secondary N) is 1. The molecule has 0 bridgehead atoms. The van der Waals surface area contributed by atoms with Crippen molar-refractivity contribution in [1.82, 2.24) is 5.16 Å². The van der Waals surface area contributed by atoms with E-state index in [0.717, 1.165) is 16.8 Å². The number of carbonyl (C=O) groups is 2. The molecule has 0 aliphatic carbocycles. The normalized spacial score (nSPS) is 13.4. The highest BCUT2D eigenvalue weighted by Crippen LogP contribution is 2.28. The smallest absolute Gasteiger partial charge is 0.231 e. The van der Waals surface area contributed by atoms with E-state index in [0.29, 0.717) is 18.0 Å². The van der Waals surface area contributed by atoms with Crippen LogP contribution in [0.3, 0.4) is 0 Å². The molecule has 6 heteroatoms. The number of aryl methyl sites for hydroxylation is 1. The van der Waals surface area contributed by atoms with Crippen LogP contribution in [0, 0.1) is 6.92 Å². The Balaban J connectivity index is 1.70. The summed E-state index contributed by atoms with van der Waals surface area (Å²) in [5.74, 6) is 0.962.